The van der Waals surface area contributed by atoms with Crippen molar-refractivity contribution in [2.45, 2.75) is 19.8 Å². The number of carbonyl (C=O) groups excluding carboxylic acids is 1. The molecule has 8 heteroatoms. The Balaban J connectivity index is 1.81. The van der Waals surface area contributed by atoms with E-state index in [0.717, 1.165) is 42.7 Å². The number of amides is 1. The van der Waals surface area contributed by atoms with Gasteiger partial charge in [-0.25, -0.2) is 4.98 Å². The second-order valence-corrected chi connectivity index (χ2v) is 8.66. The molecule has 33 heavy (non-hydrogen) atoms. The molecular formula is C25H28ClN3O4. The van der Waals surface area contributed by atoms with E-state index in [1.54, 1.807) is 45.6 Å². The zero-order chi connectivity index (χ0) is 23.5. The number of piperidine rings is 1. The number of aromatic nitrogens is 1. The van der Waals surface area contributed by atoms with Gasteiger partial charge in [-0.1, -0.05) is 18.5 Å². The van der Waals surface area contributed by atoms with Crippen molar-refractivity contribution < 1.29 is 19.0 Å². The van der Waals surface area contributed by atoms with Crippen LogP contribution in [0.4, 0.5) is 11.4 Å². The summed E-state index contributed by atoms with van der Waals surface area (Å²) in [7, 11) is 4.74. The maximum Gasteiger partial charge on any atom is 0.272 e. The predicted octanol–water partition coefficient (Wildman–Crippen LogP) is 5.53. The number of benzene rings is 2. The summed E-state index contributed by atoms with van der Waals surface area (Å²) >= 11 is 6.32. The van der Waals surface area contributed by atoms with Crippen LogP contribution < -0.4 is 19.5 Å². The second-order valence-electron chi connectivity index (χ2n) is 8.25. The van der Waals surface area contributed by atoms with Crippen molar-refractivity contribution >= 4 is 39.8 Å². The number of hydrogen-bond acceptors (Lipinski definition) is 6. The first-order valence-electron chi connectivity index (χ1n) is 10.9. The SMILES string of the molecule is COc1ccc(Nc2cc(C(=O)N3CCCC(C)C3)nc3cc(OC)c(OC)cc23)cc1Cl. The van der Waals surface area contributed by atoms with Gasteiger partial charge in [-0.15, -0.1) is 0 Å². The lowest BCUT2D eigenvalue weighted by Crippen LogP contribution is -2.39. The van der Waals surface area contributed by atoms with Gasteiger partial charge in [-0.2, -0.15) is 0 Å². The smallest absolute Gasteiger partial charge is 0.272 e. The zero-order valence-electron chi connectivity index (χ0n) is 19.3. The number of pyridine rings is 1. The summed E-state index contributed by atoms with van der Waals surface area (Å²) in [6.07, 6.45) is 2.14. The first-order chi connectivity index (χ1) is 15.9. The zero-order valence-corrected chi connectivity index (χ0v) is 20.0. The van der Waals surface area contributed by atoms with Crippen LogP contribution in [0.3, 0.4) is 0 Å². The van der Waals surface area contributed by atoms with E-state index in [-0.39, 0.29) is 5.91 Å². The van der Waals surface area contributed by atoms with Gasteiger partial charge in [-0.05, 0) is 49.1 Å². The number of likely N-dealkylation sites (tertiary alicyclic amines) is 1. The number of anilines is 2. The molecule has 1 aliphatic rings. The molecule has 0 bridgehead atoms. The first kappa shape index (κ1) is 23.0. The molecule has 1 atom stereocenters. The van der Waals surface area contributed by atoms with E-state index in [0.29, 0.717) is 39.4 Å². The Morgan fingerprint density at radius 1 is 1.06 bits per heavy atom. The Labute approximate surface area is 198 Å². The molecule has 1 aliphatic heterocycles. The fourth-order valence-corrected chi connectivity index (χ4v) is 4.46. The van der Waals surface area contributed by atoms with E-state index in [2.05, 4.69) is 12.2 Å². The molecule has 1 aromatic heterocycles. The predicted molar refractivity (Wildman–Crippen MR) is 130 cm³/mol. The van der Waals surface area contributed by atoms with Crippen molar-refractivity contribution in [2.24, 2.45) is 5.92 Å². The number of ether oxygens (including phenoxy) is 3. The molecule has 1 unspecified atom stereocenters. The number of nitrogens with one attached hydrogen (secondary N) is 1. The molecule has 3 aromatic rings. The van der Waals surface area contributed by atoms with Gasteiger partial charge in [0.15, 0.2) is 11.5 Å². The van der Waals surface area contributed by atoms with Crippen LogP contribution in [0.25, 0.3) is 10.9 Å². The van der Waals surface area contributed by atoms with Crippen LogP contribution in [-0.2, 0) is 0 Å². The number of methoxy groups -OCH3 is 3. The van der Waals surface area contributed by atoms with Crippen molar-refractivity contribution in [3.63, 3.8) is 0 Å². The summed E-state index contributed by atoms with van der Waals surface area (Å²) in [4.78, 5) is 19.9. The molecule has 2 aromatic carbocycles. The summed E-state index contributed by atoms with van der Waals surface area (Å²) in [5.41, 5.74) is 2.49. The van der Waals surface area contributed by atoms with E-state index in [1.165, 1.54) is 0 Å². The molecular weight excluding hydrogens is 442 g/mol. The van der Waals surface area contributed by atoms with Crippen LogP contribution in [0.1, 0.15) is 30.3 Å². The van der Waals surface area contributed by atoms with Crippen molar-refractivity contribution in [1.29, 1.82) is 0 Å². The summed E-state index contributed by atoms with van der Waals surface area (Å²) < 4.78 is 16.2. The molecule has 0 saturated carbocycles. The van der Waals surface area contributed by atoms with Crippen LogP contribution in [0.2, 0.25) is 5.02 Å². The molecule has 174 valence electrons. The average Bonchev–Trinajstić information content (AvgIpc) is 2.82. The van der Waals surface area contributed by atoms with Gasteiger partial charge in [0.2, 0.25) is 0 Å². The van der Waals surface area contributed by atoms with Crippen molar-refractivity contribution in [3.05, 3.63) is 47.1 Å². The minimum atomic E-state index is -0.0750. The Bertz CT molecular complexity index is 1180. The third kappa shape index (κ3) is 4.78. The highest BCUT2D eigenvalue weighted by atomic mass is 35.5. The maximum atomic E-state index is 13.4. The van der Waals surface area contributed by atoms with Gasteiger partial charge >= 0.3 is 0 Å². The van der Waals surface area contributed by atoms with Crippen LogP contribution >= 0.6 is 11.6 Å². The number of hydrogen-bond donors (Lipinski definition) is 1. The van der Waals surface area contributed by atoms with Crippen LogP contribution in [0.5, 0.6) is 17.2 Å². The molecule has 1 N–H and O–H groups in total. The second kappa shape index (κ2) is 9.75. The largest absolute Gasteiger partial charge is 0.495 e. The minimum Gasteiger partial charge on any atom is -0.495 e. The fourth-order valence-electron chi connectivity index (χ4n) is 4.20. The highest BCUT2D eigenvalue weighted by molar-refractivity contribution is 6.32. The van der Waals surface area contributed by atoms with Crippen molar-refractivity contribution in [2.75, 3.05) is 39.7 Å². The van der Waals surface area contributed by atoms with E-state index in [9.17, 15) is 4.79 Å². The lowest BCUT2D eigenvalue weighted by atomic mass is 10.00. The quantitative estimate of drug-likeness (QED) is 0.511. The van der Waals surface area contributed by atoms with E-state index < -0.39 is 0 Å². The van der Waals surface area contributed by atoms with Gasteiger partial charge in [0, 0.05) is 30.2 Å². The van der Waals surface area contributed by atoms with E-state index in [1.807, 2.05) is 17.0 Å². The topological polar surface area (TPSA) is 72.9 Å². The van der Waals surface area contributed by atoms with Crippen LogP contribution in [0.15, 0.2) is 36.4 Å². The minimum absolute atomic E-state index is 0.0750. The molecule has 0 aliphatic carbocycles. The van der Waals surface area contributed by atoms with Crippen molar-refractivity contribution in [3.8, 4) is 17.2 Å². The molecule has 2 heterocycles. The lowest BCUT2D eigenvalue weighted by molar-refractivity contribution is 0.0677. The Hall–Kier alpha value is -3.19. The van der Waals surface area contributed by atoms with Gasteiger partial charge in [0.05, 0.1) is 37.6 Å². The van der Waals surface area contributed by atoms with E-state index in [4.69, 9.17) is 30.8 Å². The van der Waals surface area contributed by atoms with Crippen LogP contribution in [-0.4, -0.2) is 50.2 Å². The highest BCUT2D eigenvalue weighted by Gasteiger charge is 2.24. The maximum absolute atomic E-state index is 13.4. The molecule has 0 spiro atoms. The summed E-state index contributed by atoms with van der Waals surface area (Å²) in [6, 6.07) is 10.9. The molecule has 7 nitrogen and oxygen atoms in total. The number of halogens is 1. The molecule has 1 fully saturated rings. The number of carbonyl (C=O) groups is 1. The first-order valence-corrected chi connectivity index (χ1v) is 11.3. The molecule has 1 saturated heterocycles. The Kier molecular flexibility index (Phi) is 6.79. The van der Waals surface area contributed by atoms with Crippen LogP contribution in [0, 0.1) is 5.92 Å². The molecule has 1 amide bonds. The summed E-state index contributed by atoms with van der Waals surface area (Å²) in [6.45, 7) is 3.65. The summed E-state index contributed by atoms with van der Waals surface area (Å²) in [5.74, 6) is 2.11. The Morgan fingerprint density at radius 3 is 2.45 bits per heavy atom. The summed E-state index contributed by atoms with van der Waals surface area (Å²) in [5, 5.41) is 4.67. The molecule has 0 radical (unpaired) electrons. The molecule has 4 rings (SSSR count). The average molecular weight is 470 g/mol. The Morgan fingerprint density at radius 2 is 1.79 bits per heavy atom. The monoisotopic (exact) mass is 469 g/mol. The van der Waals surface area contributed by atoms with Gasteiger partial charge in [0.1, 0.15) is 11.4 Å². The number of nitrogens with zero attached hydrogens (tertiary/aromatic N) is 2. The lowest BCUT2D eigenvalue weighted by Gasteiger charge is -2.30. The standard InChI is InChI=1S/C25H28ClN3O4/c1-15-6-5-9-29(14-15)25(30)21-12-19(27-16-7-8-22(31-2)18(26)10-16)17-11-23(32-3)24(33-4)13-20(17)28-21/h7-8,10-13,15H,5-6,9,14H2,1-4H3,(H,27,28). The third-order valence-electron chi connectivity index (χ3n) is 5.91. The normalized spacial score (nSPS) is 15.9. The fraction of sp³-hybridized carbons (Fsp3) is 0.360. The highest BCUT2D eigenvalue weighted by Crippen LogP contribution is 2.37. The number of fused-ring (bicyclic) bond motifs is 1. The van der Waals surface area contributed by atoms with Gasteiger partial charge in [-0.3, -0.25) is 4.79 Å². The third-order valence-corrected chi connectivity index (χ3v) is 6.20. The van der Waals surface area contributed by atoms with E-state index >= 15 is 0 Å². The van der Waals surface area contributed by atoms with Gasteiger partial charge < -0.3 is 24.4 Å². The number of rotatable bonds is 6. The van der Waals surface area contributed by atoms with Gasteiger partial charge in [0.25, 0.3) is 5.91 Å². The van der Waals surface area contributed by atoms with Crippen molar-refractivity contribution in [1.82, 2.24) is 9.88 Å².